The minimum absolute atomic E-state index is 0.193. The lowest BCUT2D eigenvalue weighted by Gasteiger charge is -1.98. The first kappa shape index (κ1) is 13.5. The molecule has 6 nitrogen and oxygen atoms in total. The second-order valence-electron chi connectivity index (χ2n) is 3.51. The van der Waals surface area contributed by atoms with Crippen molar-refractivity contribution in [2.24, 2.45) is 0 Å². The maximum Gasteiger partial charge on any atom is 0.455 e. The Morgan fingerprint density at radius 2 is 2.26 bits per heavy atom. The number of alkyl halides is 3. The zero-order valence-corrected chi connectivity index (χ0v) is 10.3. The maximum atomic E-state index is 12.2. The van der Waals surface area contributed by atoms with Crippen LogP contribution in [0.5, 0.6) is 0 Å². The van der Waals surface area contributed by atoms with Crippen LogP contribution in [0.2, 0.25) is 0 Å². The van der Waals surface area contributed by atoms with Gasteiger partial charge in [-0.1, -0.05) is 5.16 Å². The lowest BCUT2D eigenvalue weighted by Crippen LogP contribution is -2.23. The average molecular weight is 292 g/mol. The van der Waals surface area contributed by atoms with E-state index in [-0.39, 0.29) is 18.1 Å². The Bertz CT molecular complexity index is 592. The van der Waals surface area contributed by atoms with Gasteiger partial charge in [-0.2, -0.15) is 22.5 Å². The molecule has 0 radical (unpaired) electrons. The van der Waals surface area contributed by atoms with Crippen LogP contribution in [-0.2, 0) is 12.7 Å². The van der Waals surface area contributed by atoms with Gasteiger partial charge in [-0.15, -0.1) is 0 Å². The molecule has 2 heterocycles. The Kier molecular flexibility index (Phi) is 3.51. The third kappa shape index (κ3) is 3.28. The largest absolute Gasteiger partial charge is 0.455 e. The summed E-state index contributed by atoms with van der Waals surface area (Å²) in [6.45, 7) is 1.49. The molecule has 0 bridgehead atoms. The van der Waals surface area contributed by atoms with Gasteiger partial charge in [0.15, 0.2) is 0 Å². The molecule has 0 saturated heterocycles. The van der Waals surface area contributed by atoms with E-state index in [0.29, 0.717) is 0 Å². The lowest BCUT2D eigenvalue weighted by atomic mass is 10.3. The van der Waals surface area contributed by atoms with Crippen molar-refractivity contribution < 1.29 is 22.5 Å². The Morgan fingerprint density at radius 3 is 2.79 bits per heavy atom. The number of carbonyl (C=O) groups excluding carboxylic acids is 1. The lowest BCUT2D eigenvalue weighted by molar-refractivity contribution is -0.146. The van der Waals surface area contributed by atoms with Crippen molar-refractivity contribution in [3.63, 3.8) is 0 Å². The standard InChI is InChI=1S/C9H7F3N4O2S/c1-4-2-5(16-19-4)7(17)13-3-6-14-8(15-18-6)9(10,11)12/h2H,3H2,1H3,(H,13,17). The van der Waals surface area contributed by atoms with Gasteiger partial charge in [0.2, 0.25) is 5.89 Å². The molecule has 0 spiro atoms. The first-order chi connectivity index (χ1) is 8.86. The topological polar surface area (TPSA) is 80.9 Å². The highest BCUT2D eigenvalue weighted by atomic mass is 32.1. The summed E-state index contributed by atoms with van der Waals surface area (Å²) >= 11 is 1.15. The molecular weight excluding hydrogens is 285 g/mol. The van der Waals surface area contributed by atoms with E-state index in [9.17, 15) is 18.0 Å². The molecule has 102 valence electrons. The number of hydrogen-bond donors (Lipinski definition) is 1. The van der Waals surface area contributed by atoms with E-state index < -0.39 is 17.9 Å². The number of nitrogens with one attached hydrogen (secondary N) is 1. The van der Waals surface area contributed by atoms with Gasteiger partial charge >= 0.3 is 6.18 Å². The fourth-order valence-electron chi connectivity index (χ4n) is 1.16. The van der Waals surface area contributed by atoms with Crippen LogP contribution in [0.15, 0.2) is 10.6 Å². The van der Waals surface area contributed by atoms with E-state index in [1.54, 1.807) is 13.0 Å². The number of nitrogens with zero attached hydrogens (tertiary/aromatic N) is 3. The van der Waals surface area contributed by atoms with E-state index in [1.165, 1.54) is 0 Å². The van der Waals surface area contributed by atoms with E-state index >= 15 is 0 Å². The molecule has 0 unspecified atom stereocenters. The fraction of sp³-hybridized carbons (Fsp3) is 0.333. The van der Waals surface area contributed by atoms with Gasteiger partial charge in [0.05, 0.1) is 6.54 Å². The molecule has 2 rings (SSSR count). The molecule has 0 aliphatic rings. The molecule has 10 heteroatoms. The number of hydrogen-bond acceptors (Lipinski definition) is 6. The normalized spacial score (nSPS) is 11.6. The SMILES string of the molecule is Cc1cc(C(=O)NCc2nc(C(F)(F)F)no2)ns1. The Balaban J connectivity index is 1.96. The van der Waals surface area contributed by atoms with Gasteiger partial charge in [-0.25, -0.2) is 0 Å². The Hall–Kier alpha value is -1.97. The number of rotatable bonds is 3. The number of aryl methyl sites for hydroxylation is 1. The van der Waals surface area contributed by atoms with Crippen molar-refractivity contribution in [1.82, 2.24) is 19.8 Å². The molecule has 0 saturated carbocycles. The summed E-state index contributed by atoms with van der Waals surface area (Å²) in [5.41, 5.74) is 0.193. The molecule has 19 heavy (non-hydrogen) atoms. The number of carbonyl (C=O) groups is 1. The number of aromatic nitrogens is 3. The van der Waals surface area contributed by atoms with Crippen LogP contribution < -0.4 is 5.32 Å². The van der Waals surface area contributed by atoms with E-state index in [4.69, 9.17) is 0 Å². The minimum atomic E-state index is -4.67. The summed E-state index contributed by atoms with van der Waals surface area (Å²) < 4.78 is 44.8. The number of halogens is 3. The molecule has 0 fully saturated rings. The summed E-state index contributed by atoms with van der Waals surface area (Å²) in [5, 5.41) is 5.10. The number of amides is 1. The van der Waals surface area contributed by atoms with Crippen molar-refractivity contribution in [3.8, 4) is 0 Å². The highest BCUT2D eigenvalue weighted by Gasteiger charge is 2.37. The summed E-state index contributed by atoms with van der Waals surface area (Å²) in [7, 11) is 0. The van der Waals surface area contributed by atoms with Gasteiger partial charge in [-0.05, 0) is 24.5 Å². The molecule has 2 aromatic heterocycles. The van der Waals surface area contributed by atoms with Crippen molar-refractivity contribution >= 4 is 17.4 Å². The van der Waals surface area contributed by atoms with Gasteiger partial charge in [0, 0.05) is 4.88 Å². The zero-order chi connectivity index (χ0) is 14.0. The predicted molar refractivity (Wildman–Crippen MR) is 57.3 cm³/mol. The second-order valence-corrected chi connectivity index (χ2v) is 4.52. The van der Waals surface area contributed by atoms with Crippen molar-refractivity contribution in [3.05, 3.63) is 28.4 Å². The molecule has 0 aromatic carbocycles. The summed E-state index contributed by atoms with van der Waals surface area (Å²) in [6, 6.07) is 1.56. The molecule has 0 aliphatic carbocycles. The van der Waals surface area contributed by atoms with Crippen LogP contribution >= 0.6 is 11.5 Å². The van der Waals surface area contributed by atoms with Crippen LogP contribution in [0, 0.1) is 6.92 Å². The average Bonchev–Trinajstić information content (AvgIpc) is 2.93. The smallest absolute Gasteiger partial charge is 0.342 e. The highest BCUT2D eigenvalue weighted by Crippen LogP contribution is 2.26. The summed E-state index contributed by atoms with van der Waals surface area (Å²) in [6.07, 6.45) is -4.67. The first-order valence-electron chi connectivity index (χ1n) is 4.97. The van der Waals surface area contributed by atoms with E-state index in [2.05, 4.69) is 24.4 Å². The third-order valence-corrected chi connectivity index (χ3v) is 2.68. The van der Waals surface area contributed by atoms with Gasteiger partial charge < -0.3 is 9.84 Å². The fourth-order valence-corrected chi connectivity index (χ4v) is 1.70. The third-order valence-electron chi connectivity index (χ3n) is 1.98. The highest BCUT2D eigenvalue weighted by molar-refractivity contribution is 7.05. The quantitative estimate of drug-likeness (QED) is 0.932. The van der Waals surface area contributed by atoms with E-state index in [0.717, 1.165) is 16.4 Å². The second kappa shape index (κ2) is 4.96. The van der Waals surface area contributed by atoms with Crippen LogP contribution in [0.25, 0.3) is 0 Å². The molecule has 2 aromatic rings. The van der Waals surface area contributed by atoms with Crippen LogP contribution in [0.4, 0.5) is 13.2 Å². The van der Waals surface area contributed by atoms with Crippen molar-refractivity contribution in [1.29, 1.82) is 0 Å². The van der Waals surface area contributed by atoms with Crippen molar-refractivity contribution in [2.45, 2.75) is 19.6 Å². The monoisotopic (exact) mass is 292 g/mol. The Labute approximate surface area is 108 Å². The molecule has 0 aliphatic heterocycles. The van der Waals surface area contributed by atoms with Gasteiger partial charge in [0.1, 0.15) is 5.69 Å². The van der Waals surface area contributed by atoms with Gasteiger partial charge in [-0.3, -0.25) is 4.79 Å². The molecule has 0 atom stereocenters. The predicted octanol–water partition coefficient (Wildman–Crippen LogP) is 1.78. The summed E-state index contributed by atoms with van der Waals surface area (Å²) in [5.74, 6) is -2.22. The Morgan fingerprint density at radius 1 is 1.53 bits per heavy atom. The van der Waals surface area contributed by atoms with E-state index in [1.807, 2.05) is 0 Å². The minimum Gasteiger partial charge on any atom is -0.342 e. The maximum absolute atomic E-state index is 12.2. The van der Waals surface area contributed by atoms with Crippen LogP contribution in [0.1, 0.15) is 27.1 Å². The molecule has 1 amide bonds. The molecular formula is C9H7F3N4O2S. The van der Waals surface area contributed by atoms with Crippen LogP contribution in [0.3, 0.4) is 0 Å². The van der Waals surface area contributed by atoms with Crippen molar-refractivity contribution in [2.75, 3.05) is 0 Å². The first-order valence-corrected chi connectivity index (χ1v) is 5.75. The van der Waals surface area contributed by atoms with Crippen LogP contribution in [-0.4, -0.2) is 20.4 Å². The molecule has 1 N–H and O–H groups in total. The van der Waals surface area contributed by atoms with Gasteiger partial charge in [0.25, 0.3) is 11.7 Å². The zero-order valence-electron chi connectivity index (χ0n) is 9.48. The summed E-state index contributed by atoms with van der Waals surface area (Å²) in [4.78, 5) is 15.5.